The van der Waals surface area contributed by atoms with Crippen LogP contribution in [0.15, 0.2) is 30.5 Å². The number of fused-ring (bicyclic) bond motifs is 2. The number of ketones is 1. The molecule has 0 spiro atoms. The Balaban J connectivity index is 1.84. The lowest BCUT2D eigenvalue weighted by Gasteiger charge is -2.30. The van der Waals surface area contributed by atoms with E-state index in [1.54, 1.807) is 58.2 Å². The molecular formula is C61H94N14O16S2. The van der Waals surface area contributed by atoms with Gasteiger partial charge in [-0.05, 0) is 101 Å². The zero-order chi connectivity index (χ0) is 68.9. The molecule has 0 saturated carbocycles. The number of aliphatic carboxylic acids is 2. The van der Waals surface area contributed by atoms with Gasteiger partial charge in [-0.25, -0.2) is 4.79 Å². The fraction of sp³-hybridized carbons (Fsp3) is 0.639. The molecule has 0 bridgehead atoms. The van der Waals surface area contributed by atoms with Gasteiger partial charge in [0.25, 0.3) is 0 Å². The number of primary amides is 2. The summed E-state index contributed by atoms with van der Waals surface area (Å²) < 4.78 is 0. The summed E-state index contributed by atoms with van der Waals surface area (Å²) in [6, 6.07) is -6.12. The third-order valence-electron chi connectivity index (χ3n) is 16.2. The van der Waals surface area contributed by atoms with Crippen molar-refractivity contribution in [1.82, 2.24) is 52.4 Å². The number of rotatable bonds is 23. The van der Waals surface area contributed by atoms with Crippen molar-refractivity contribution < 1.29 is 77.3 Å². The average molecular weight is 1340 g/mol. The fourth-order valence-corrected chi connectivity index (χ4v) is 13.0. The van der Waals surface area contributed by atoms with Crippen LogP contribution in [0, 0.1) is 17.8 Å². The van der Waals surface area contributed by atoms with Crippen molar-refractivity contribution in [3.05, 3.63) is 36.0 Å². The van der Waals surface area contributed by atoms with Gasteiger partial charge in [0.05, 0.1) is 12.5 Å². The quantitative estimate of drug-likeness (QED) is 0.0487. The van der Waals surface area contributed by atoms with Gasteiger partial charge in [-0.2, -0.15) is 0 Å². The summed E-state index contributed by atoms with van der Waals surface area (Å²) in [7, 11) is 2.02. The summed E-state index contributed by atoms with van der Waals surface area (Å²) in [5.41, 5.74) is 24.0. The second-order valence-electron chi connectivity index (χ2n) is 24.0. The van der Waals surface area contributed by atoms with E-state index in [0.717, 1.165) is 21.6 Å². The Morgan fingerprint density at radius 1 is 0.645 bits per heavy atom. The molecule has 2 aliphatic heterocycles. The number of carbonyl (C=O) groups excluding carboxylic acids is 12. The van der Waals surface area contributed by atoms with E-state index in [2.05, 4.69) is 47.5 Å². The van der Waals surface area contributed by atoms with Crippen LogP contribution in [0.3, 0.4) is 0 Å². The third-order valence-corrected chi connectivity index (χ3v) is 18.6. The lowest BCUT2D eigenvalue weighted by atomic mass is 9.90. The zero-order valence-electron chi connectivity index (χ0n) is 53.3. The van der Waals surface area contributed by atoms with Crippen LogP contribution in [0.2, 0.25) is 0 Å². The molecule has 2 saturated heterocycles. The van der Waals surface area contributed by atoms with Gasteiger partial charge in [0.2, 0.25) is 65.0 Å². The summed E-state index contributed by atoms with van der Waals surface area (Å²) in [5, 5.41) is 41.6. The van der Waals surface area contributed by atoms with Gasteiger partial charge in [0.15, 0.2) is 5.78 Å². The molecule has 516 valence electrons. The number of hydrogen-bond donors (Lipinski definition) is 15. The number of unbranched alkanes of at least 4 members (excludes halogenated alkanes) is 2. The first kappa shape index (κ1) is 77.6. The maximum Gasteiger partial charge on any atom is 0.327 e. The number of carbonyl (C=O) groups is 14. The van der Waals surface area contributed by atoms with Gasteiger partial charge in [-0.1, -0.05) is 80.3 Å². The first-order valence-corrected chi connectivity index (χ1v) is 34.1. The highest BCUT2D eigenvalue weighted by molar-refractivity contribution is 8.76. The van der Waals surface area contributed by atoms with Crippen LogP contribution in [-0.2, 0) is 73.5 Å². The molecule has 4 rings (SSSR count). The predicted molar refractivity (Wildman–Crippen MR) is 346 cm³/mol. The monoisotopic (exact) mass is 1340 g/mol. The largest absolute Gasteiger partial charge is 0.481 e. The van der Waals surface area contributed by atoms with Gasteiger partial charge >= 0.3 is 11.9 Å². The van der Waals surface area contributed by atoms with Gasteiger partial charge < -0.3 is 85.6 Å². The number of aromatic nitrogens is 1. The Hall–Kier alpha value is -7.84. The molecule has 11 atom stereocenters. The van der Waals surface area contributed by atoms with Crippen LogP contribution in [-0.4, -0.2) is 188 Å². The molecule has 2 fully saturated rings. The number of H-pyrrole nitrogens is 1. The first-order valence-electron chi connectivity index (χ1n) is 31.6. The standard InChI is InChI=1S/C61H94N14O16S2/c1-5-34(4)52-59(88)72-43(28-36-31-66-38-15-7-6-14-37(36)38)56(85)69-40(16-9-11-24-63)53(82)68-39(18-20-48(64)77)47(76)29-35(13-8-10-23-62)60(89)75-25-12-17-46(75)58(87)71-44(30-51(80)81)57(86)70-42(27-33(2)3)55(84)73-45(61(90)91)32-93-92-26-22-50(79)67-41(54(83)74-52)19-21-49(65)78/h6-7,14-15,31,33-35,39-46,52,66H,5,8-13,16-30,32,62-63H2,1-4H3,(H2,64,77)(H2,65,78)(H,67,79)(H,68,82)(H,69,85)(H,70,86)(H,71,87)(H,72,88)(H,73,84)(H,74,83)(H,80,81)(H,90,91)/t34?,35-,39+,40+,41+,42+,43+,44+,45+,46+,52+/m0/s1. The molecule has 30 nitrogen and oxygen atoms in total. The van der Waals surface area contributed by atoms with Crippen molar-refractivity contribution >= 4 is 115 Å². The van der Waals surface area contributed by atoms with Crippen LogP contribution >= 0.6 is 21.6 Å². The number of nitrogens with one attached hydrogen (secondary N) is 9. The summed E-state index contributed by atoms with van der Waals surface area (Å²) >= 11 is 0. The molecule has 19 N–H and O–H groups in total. The van der Waals surface area contributed by atoms with E-state index in [4.69, 9.17) is 22.9 Å². The molecule has 1 aromatic carbocycles. The molecule has 1 aromatic heterocycles. The van der Waals surface area contributed by atoms with Crippen LogP contribution < -0.4 is 65.5 Å². The van der Waals surface area contributed by atoms with Gasteiger partial charge in [0.1, 0.15) is 48.3 Å². The smallest absolute Gasteiger partial charge is 0.327 e. The number of hydrogen-bond acceptors (Lipinski definition) is 18. The Morgan fingerprint density at radius 3 is 1.85 bits per heavy atom. The van der Waals surface area contributed by atoms with Crippen LogP contribution in [0.4, 0.5) is 0 Å². The Morgan fingerprint density at radius 2 is 1.22 bits per heavy atom. The minimum Gasteiger partial charge on any atom is -0.481 e. The molecule has 93 heavy (non-hydrogen) atoms. The van der Waals surface area contributed by atoms with Crippen molar-refractivity contribution in [2.24, 2.45) is 40.7 Å². The maximum absolute atomic E-state index is 14.9. The maximum atomic E-state index is 14.9. The number of carboxylic acid groups (broad SMARTS) is 2. The second-order valence-corrected chi connectivity index (χ2v) is 26.6. The van der Waals surface area contributed by atoms with E-state index in [-0.39, 0.29) is 108 Å². The highest BCUT2D eigenvalue weighted by atomic mass is 33.1. The van der Waals surface area contributed by atoms with E-state index in [1.165, 1.54) is 4.90 Å². The molecular weight excluding hydrogens is 1250 g/mol. The number of carboxylic acids is 2. The van der Waals surface area contributed by atoms with E-state index in [1.807, 2.05) is 0 Å². The van der Waals surface area contributed by atoms with Crippen molar-refractivity contribution in [2.45, 2.75) is 198 Å². The Bertz CT molecular complexity index is 2950. The number of nitrogens with zero attached hydrogens (tertiary/aromatic N) is 1. The van der Waals surface area contributed by atoms with Gasteiger partial charge in [-0.15, -0.1) is 0 Å². The molecule has 0 aliphatic carbocycles. The van der Waals surface area contributed by atoms with Crippen LogP contribution in [0.1, 0.15) is 142 Å². The molecule has 32 heteroatoms. The molecule has 3 heterocycles. The Labute approximate surface area is 548 Å². The lowest BCUT2D eigenvalue weighted by molar-refractivity contribution is -0.145. The van der Waals surface area contributed by atoms with Gasteiger partial charge in [-0.3, -0.25) is 62.3 Å². The molecule has 1 unspecified atom stereocenters. The number of nitrogens with two attached hydrogens (primary N) is 4. The summed E-state index contributed by atoms with van der Waals surface area (Å²) in [5.74, 6) is -15.5. The number of aromatic amines is 1. The average Bonchev–Trinajstić information content (AvgIpc) is 2.09. The van der Waals surface area contributed by atoms with Crippen molar-refractivity contribution in [3.8, 4) is 0 Å². The topological polar surface area (TPSA) is 499 Å². The molecule has 0 radical (unpaired) electrons. The fourth-order valence-electron chi connectivity index (χ4n) is 10.8. The van der Waals surface area contributed by atoms with E-state index in [9.17, 15) is 77.3 Å². The molecule has 2 aliphatic rings. The number of benzene rings is 1. The third kappa shape index (κ3) is 25.9. The highest BCUT2D eigenvalue weighted by Crippen LogP contribution is 2.27. The first-order chi connectivity index (χ1) is 44.2. The van der Waals surface area contributed by atoms with Crippen LogP contribution in [0.25, 0.3) is 10.9 Å². The minimum absolute atomic E-state index is 0.00135. The normalized spacial score (nSPS) is 25.0. The van der Waals surface area contributed by atoms with Crippen molar-refractivity contribution in [2.75, 3.05) is 31.1 Å². The summed E-state index contributed by atoms with van der Waals surface area (Å²) in [4.78, 5) is 197. The molecule has 2 aromatic rings. The predicted octanol–water partition coefficient (Wildman–Crippen LogP) is -0.619. The van der Waals surface area contributed by atoms with Crippen molar-refractivity contribution in [3.63, 3.8) is 0 Å². The second kappa shape index (κ2) is 39.6. The number of Topliss-reactive ketones (excluding diaryl/α,β-unsaturated/α-hetero) is 1. The minimum atomic E-state index is -1.82. The summed E-state index contributed by atoms with van der Waals surface area (Å²) in [6.45, 7) is 7.25. The SMILES string of the molecule is CCC(C)[C@H]1NC(=O)[C@@H](CCC(N)=O)NC(=O)CCSSC[C@H](C(=O)O)NC(=O)[C@@H](CC(C)C)NC(=O)[C@@H](CC(=O)O)NC(=O)[C@H]2CCCN2C(=O)[C@@H](CCCCN)CC(=O)[C@@H](CCC(N)=O)NC(=O)[C@@H](CCCCN)NC(=O)[C@@H](Cc2c[nH]c3ccccc23)NC1=O. The van der Waals surface area contributed by atoms with E-state index >= 15 is 0 Å². The van der Waals surface area contributed by atoms with E-state index < -0.39 is 168 Å². The van der Waals surface area contributed by atoms with Gasteiger partial charge in [0, 0.05) is 73.2 Å². The number of amides is 11. The zero-order valence-corrected chi connectivity index (χ0v) is 54.9. The van der Waals surface area contributed by atoms with Crippen LogP contribution in [0.5, 0.6) is 0 Å². The lowest BCUT2D eigenvalue weighted by Crippen LogP contribution is -2.60. The summed E-state index contributed by atoms with van der Waals surface area (Å²) in [6.07, 6.45) is 0.241. The van der Waals surface area contributed by atoms with Crippen molar-refractivity contribution in [1.29, 1.82) is 0 Å². The number of para-hydroxylation sites is 1. The van der Waals surface area contributed by atoms with E-state index in [0.29, 0.717) is 42.1 Å². The molecule has 11 amide bonds. The Kier molecular flexibility index (Phi) is 33.1. The highest BCUT2D eigenvalue weighted by Gasteiger charge is 2.42.